The Labute approximate surface area is 264 Å². The van der Waals surface area contributed by atoms with Crippen molar-refractivity contribution in [3.63, 3.8) is 0 Å². The first-order valence-corrected chi connectivity index (χ1v) is 15.6. The summed E-state index contributed by atoms with van der Waals surface area (Å²) >= 11 is 1.81. The lowest BCUT2D eigenvalue weighted by atomic mass is 9.96. The number of rotatable bonds is 5. The second-order valence-corrected chi connectivity index (χ2v) is 11.9. The number of aliphatic imine (C=N–C) groups is 3. The van der Waals surface area contributed by atoms with E-state index in [2.05, 4.69) is 78.4 Å². The summed E-state index contributed by atoms with van der Waals surface area (Å²) < 4.78 is 8.93. The van der Waals surface area contributed by atoms with Crippen LogP contribution >= 0.6 is 11.3 Å². The Morgan fingerprint density at radius 1 is 0.578 bits per heavy atom. The Kier molecular flexibility index (Phi) is 6.86. The monoisotopic (exact) mass is 597 g/mol. The zero-order valence-electron chi connectivity index (χ0n) is 24.4. The van der Waals surface area contributed by atoms with Gasteiger partial charge in [-0.1, -0.05) is 121 Å². The quantitative estimate of drug-likeness (QED) is 0.144. The minimum atomic E-state index is 0.458. The number of amidine groups is 2. The fourth-order valence-electron chi connectivity index (χ4n) is 6.07. The van der Waals surface area contributed by atoms with Crippen LogP contribution in [0.25, 0.3) is 53.2 Å². The Morgan fingerprint density at radius 2 is 1.20 bits per heavy atom. The number of benzene rings is 6. The fraction of sp³-hybridized carbons (Fsp3) is 0.0250. The second kappa shape index (κ2) is 11.5. The summed E-state index contributed by atoms with van der Waals surface area (Å²) in [7, 11) is 0. The molecule has 2 heterocycles. The Morgan fingerprint density at radius 3 is 1.98 bits per heavy atom. The third-order valence-corrected chi connectivity index (χ3v) is 9.25. The number of hydrogen-bond donors (Lipinski definition) is 0. The predicted octanol–water partition coefficient (Wildman–Crippen LogP) is 10.7. The van der Waals surface area contributed by atoms with E-state index in [1.807, 2.05) is 84.1 Å². The maximum absolute atomic E-state index is 6.47. The molecule has 6 aromatic carbocycles. The number of para-hydroxylation sites is 2. The predicted molar refractivity (Wildman–Crippen MR) is 191 cm³/mol. The first-order valence-electron chi connectivity index (χ1n) is 14.8. The summed E-state index contributed by atoms with van der Waals surface area (Å²) in [5.41, 5.74) is 7.01. The van der Waals surface area contributed by atoms with Crippen LogP contribution in [0.15, 0.2) is 159 Å². The molecule has 45 heavy (non-hydrogen) atoms. The van der Waals surface area contributed by atoms with Crippen molar-refractivity contribution in [1.29, 1.82) is 0 Å². The molecule has 214 valence electrons. The van der Waals surface area contributed by atoms with Crippen molar-refractivity contribution in [3.8, 4) is 11.1 Å². The van der Waals surface area contributed by atoms with Crippen molar-refractivity contribution in [2.45, 2.75) is 6.54 Å². The number of thiophene rings is 1. The number of fused-ring (bicyclic) bond motifs is 6. The minimum Gasteiger partial charge on any atom is -0.455 e. The fourth-order valence-corrected chi connectivity index (χ4v) is 7.25. The highest BCUT2D eigenvalue weighted by molar-refractivity contribution is 7.26. The lowest BCUT2D eigenvalue weighted by Crippen LogP contribution is -2.05. The summed E-state index contributed by atoms with van der Waals surface area (Å²) in [4.78, 5) is 14.3. The summed E-state index contributed by atoms with van der Waals surface area (Å²) in [6.07, 6.45) is 0. The smallest absolute Gasteiger partial charge is 0.161 e. The van der Waals surface area contributed by atoms with Gasteiger partial charge in [0.25, 0.3) is 0 Å². The summed E-state index contributed by atoms with van der Waals surface area (Å²) in [5.74, 6) is 1.16. The van der Waals surface area contributed by atoms with Gasteiger partial charge in [-0.3, -0.25) is 4.99 Å². The number of furan rings is 1. The first kappa shape index (κ1) is 26.9. The van der Waals surface area contributed by atoms with E-state index in [9.17, 15) is 0 Å². The van der Waals surface area contributed by atoms with Crippen molar-refractivity contribution < 1.29 is 4.42 Å². The number of nitrogens with zero attached hydrogens (tertiary/aromatic N) is 3. The highest BCUT2D eigenvalue weighted by Gasteiger charge is 2.18. The van der Waals surface area contributed by atoms with Gasteiger partial charge in [0.2, 0.25) is 0 Å². The molecule has 0 bridgehead atoms. The third-order valence-electron chi connectivity index (χ3n) is 8.13. The topological polar surface area (TPSA) is 50.2 Å². The molecule has 0 fully saturated rings. The zero-order valence-corrected chi connectivity index (χ0v) is 25.2. The Bertz CT molecular complexity index is 2420. The van der Waals surface area contributed by atoms with Gasteiger partial charge in [-0.15, -0.1) is 11.3 Å². The van der Waals surface area contributed by atoms with Crippen LogP contribution in [0.2, 0.25) is 0 Å². The molecule has 0 aliphatic heterocycles. The Balaban J connectivity index is 1.31. The molecule has 2 aromatic heterocycles. The molecule has 0 saturated heterocycles. The van der Waals surface area contributed by atoms with Gasteiger partial charge in [0.1, 0.15) is 11.2 Å². The summed E-state index contributed by atoms with van der Waals surface area (Å²) in [5, 5.41) is 4.69. The summed E-state index contributed by atoms with van der Waals surface area (Å²) in [6.45, 7) is 4.26. The van der Waals surface area contributed by atoms with Crippen LogP contribution in [0.5, 0.6) is 0 Å². The van der Waals surface area contributed by atoms with Crippen LogP contribution in [0.1, 0.15) is 16.7 Å². The van der Waals surface area contributed by atoms with Gasteiger partial charge in [-0.25, -0.2) is 9.98 Å². The minimum absolute atomic E-state index is 0.458. The van der Waals surface area contributed by atoms with E-state index < -0.39 is 0 Å². The van der Waals surface area contributed by atoms with Crippen LogP contribution in [0.4, 0.5) is 0 Å². The van der Waals surface area contributed by atoms with Gasteiger partial charge >= 0.3 is 0 Å². The molecule has 0 aliphatic rings. The van der Waals surface area contributed by atoms with E-state index in [0.717, 1.165) is 49.8 Å². The van der Waals surface area contributed by atoms with Gasteiger partial charge in [-0.2, -0.15) is 0 Å². The van der Waals surface area contributed by atoms with Crippen LogP contribution in [0.3, 0.4) is 0 Å². The average Bonchev–Trinajstić information content (AvgIpc) is 3.68. The molecule has 0 atom stereocenters. The molecule has 4 nitrogen and oxygen atoms in total. The van der Waals surface area contributed by atoms with Crippen LogP contribution in [0, 0.1) is 0 Å². The molecule has 0 N–H and O–H groups in total. The zero-order chi connectivity index (χ0) is 30.2. The molecule has 0 spiro atoms. The van der Waals surface area contributed by atoms with Gasteiger partial charge in [-0.05, 0) is 36.0 Å². The van der Waals surface area contributed by atoms with E-state index in [0.29, 0.717) is 18.2 Å². The van der Waals surface area contributed by atoms with Gasteiger partial charge < -0.3 is 4.42 Å². The van der Waals surface area contributed by atoms with Gasteiger partial charge in [0, 0.05) is 47.6 Å². The third kappa shape index (κ3) is 4.84. The van der Waals surface area contributed by atoms with Gasteiger partial charge in [0.15, 0.2) is 11.7 Å². The molecule has 8 rings (SSSR count). The first-order chi connectivity index (χ1) is 22.3. The van der Waals surface area contributed by atoms with Crippen LogP contribution < -0.4 is 0 Å². The summed E-state index contributed by atoms with van der Waals surface area (Å²) in [6, 6.07) is 47.7. The van der Waals surface area contributed by atoms with Crippen molar-refractivity contribution >= 4 is 71.8 Å². The SMILES string of the molecule is C=NC(=NC(=NCc1cccc2sc3cccc(-c4cccc5c4oc4ccccc45)c3c12)c1ccccc1)c1ccccc1. The van der Waals surface area contributed by atoms with Crippen molar-refractivity contribution in [2.24, 2.45) is 15.0 Å². The molecular weight excluding hydrogens is 571 g/mol. The molecule has 0 amide bonds. The maximum Gasteiger partial charge on any atom is 0.161 e. The van der Waals surface area contributed by atoms with E-state index in [1.54, 1.807) is 0 Å². The van der Waals surface area contributed by atoms with E-state index >= 15 is 0 Å². The molecule has 0 radical (unpaired) electrons. The van der Waals surface area contributed by atoms with E-state index in [-0.39, 0.29) is 0 Å². The highest BCUT2D eigenvalue weighted by Crippen LogP contribution is 2.44. The lowest BCUT2D eigenvalue weighted by molar-refractivity contribution is 0.670. The van der Waals surface area contributed by atoms with E-state index in [4.69, 9.17) is 14.4 Å². The van der Waals surface area contributed by atoms with Crippen LogP contribution in [-0.4, -0.2) is 18.4 Å². The maximum atomic E-state index is 6.47. The van der Waals surface area contributed by atoms with Crippen molar-refractivity contribution in [1.82, 2.24) is 0 Å². The molecule has 0 saturated carbocycles. The normalized spacial score (nSPS) is 12.4. The average molecular weight is 598 g/mol. The highest BCUT2D eigenvalue weighted by atomic mass is 32.1. The standard InChI is InChI=1S/C40H27N3OS/c1-41-39(26-13-4-2-5-14-26)43-40(27-15-6-3-7-16-27)42-25-28-17-10-23-34-36(28)37-30(19-12-24-35(37)45-34)32-21-11-20-31-29-18-8-9-22-33(29)44-38(31)32/h2-24H,1,25H2. The molecule has 5 heteroatoms. The largest absolute Gasteiger partial charge is 0.455 e. The number of hydrogen-bond acceptors (Lipinski definition) is 3. The second-order valence-electron chi connectivity index (χ2n) is 10.8. The van der Waals surface area contributed by atoms with Gasteiger partial charge in [0.05, 0.1) is 6.54 Å². The molecule has 0 aliphatic carbocycles. The molecule has 0 unspecified atom stereocenters. The van der Waals surface area contributed by atoms with Crippen molar-refractivity contribution in [2.75, 3.05) is 0 Å². The van der Waals surface area contributed by atoms with E-state index in [1.165, 1.54) is 20.2 Å². The molecule has 8 aromatic rings. The molecular formula is C40H27N3OS. The van der Waals surface area contributed by atoms with Crippen molar-refractivity contribution in [3.05, 3.63) is 156 Å². The lowest BCUT2D eigenvalue weighted by Gasteiger charge is -2.09. The van der Waals surface area contributed by atoms with Crippen LogP contribution in [-0.2, 0) is 6.54 Å². The Hall–Kier alpha value is -5.65.